The molecule has 0 saturated carbocycles. The minimum atomic E-state index is -4.84. The van der Waals surface area contributed by atoms with Crippen LogP contribution in [0.1, 0.15) is 12.8 Å². The van der Waals surface area contributed by atoms with Crippen molar-refractivity contribution in [1.29, 1.82) is 0 Å². The van der Waals surface area contributed by atoms with Crippen LogP contribution in [0.5, 0.6) is 0 Å². The second kappa shape index (κ2) is 5.22. The first-order valence-electron chi connectivity index (χ1n) is 5.05. The van der Waals surface area contributed by atoms with Crippen LogP contribution in [0.3, 0.4) is 0 Å². The number of esters is 1. The van der Waals surface area contributed by atoms with E-state index in [0.717, 1.165) is 0 Å². The highest BCUT2D eigenvalue weighted by atomic mass is 19.4. The molecule has 19 heavy (non-hydrogen) atoms. The lowest BCUT2D eigenvalue weighted by Gasteiger charge is -2.24. The molecule has 0 aliphatic heterocycles. The third-order valence-corrected chi connectivity index (χ3v) is 2.37. The highest BCUT2D eigenvalue weighted by Crippen LogP contribution is 2.38. The van der Waals surface area contributed by atoms with Gasteiger partial charge in [-0.1, -0.05) is 0 Å². The zero-order valence-electron chi connectivity index (χ0n) is 9.27. The summed E-state index contributed by atoms with van der Waals surface area (Å²) >= 11 is 0. The Bertz CT molecular complexity index is 406. The number of carbonyl (C=O) groups is 2. The summed E-state index contributed by atoms with van der Waals surface area (Å²) in [5, 5.41) is 0. The van der Waals surface area contributed by atoms with E-state index in [2.05, 4.69) is 4.74 Å². The zero-order chi connectivity index (χ0) is 14.8. The highest BCUT2D eigenvalue weighted by Gasteiger charge is 2.46. The molecule has 1 rings (SSSR count). The van der Waals surface area contributed by atoms with E-state index in [0.29, 0.717) is 6.08 Å². The quantitative estimate of drug-likeness (QED) is 0.580. The maximum Gasteiger partial charge on any atom is 0.422 e. The fraction of sp³-hybridized carbons (Fsp3) is 0.600. The molecule has 0 fully saturated rings. The lowest BCUT2D eigenvalue weighted by molar-refractivity contribution is -0.190. The first kappa shape index (κ1) is 15.5. The van der Waals surface area contributed by atoms with Crippen LogP contribution >= 0.6 is 0 Å². The van der Waals surface area contributed by atoms with Crippen molar-refractivity contribution >= 4 is 11.8 Å². The van der Waals surface area contributed by atoms with Gasteiger partial charge in [0.2, 0.25) is 0 Å². The van der Waals surface area contributed by atoms with Crippen LogP contribution in [0.4, 0.5) is 26.3 Å². The van der Waals surface area contributed by atoms with E-state index < -0.39 is 55.0 Å². The Hall–Kier alpha value is -1.54. The number of carbonyl (C=O) groups excluding carboxylic acids is 2. The number of ether oxygens (including phenoxy) is 1. The van der Waals surface area contributed by atoms with Gasteiger partial charge in [-0.05, 0) is 12.5 Å². The molecular weight excluding hydrogens is 282 g/mol. The van der Waals surface area contributed by atoms with Gasteiger partial charge in [0.1, 0.15) is 0 Å². The molecule has 0 bridgehead atoms. The molecule has 108 valence electrons. The number of alkyl halides is 6. The monoisotopic (exact) mass is 290 g/mol. The minimum absolute atomic E-state index is 0.403. The highest BCUT2D eigenvalue weighted by molar-refractivity contribution is 6.01. The van der Waals surface area contributed by atoms with Gasteiger partial charge in [0.25, 0.3) is 0 Å². The molecule has 1 aliphatic rings. The third kappa shape index (κ3) is 4.56. The molecule has 0 heterocycles. The fourth-order valence-electron chi connectivity index (χ4n) is 1.56. The summed E-state index contributed by atoms with van der Waals surface area (Å²) in [5.41, 5.74) is -1.08. The summed E-state index contributed by atoms with van der Waals surface area (Å²) in [6, 6.07) is 0. The van der Waals surface area contributed by atoms with Crippen LogP contribution in [-0.4, -0.2) is 30.7 Å². The predicted molar refractivity (Wildman–Crippen MR) is 48.9 cm³/mol. The fourth-order valence-corrected chi connectivity index (χ4v) is 1.56. The van der Waals surface area contributed by atoms with E-state index in [4.69, 9.17) is 0 Å². The number of hydrogen-bond donors (Lipinski definition) is 0. The van der Waals surface area contributed by atoms with E-state index in [9.17, 15) is 35.9 Å². The van der Waals surface area contributed by atoms with Crippen molar-refractivity contribution in [3.63, 3.8) is 0 Å². The third-order valence-electron chi connectivity index (χ3n) is 2.37. The van der Waals surface area contributed by atoms with Gasteiger partial charge in [-0.2, -0.15) is 26.3 Å². The van der Waals surface area contributed by atoms with Gasteiger partial charge < -0.3 is 4.74 Å². The van der Waals surface area contributed by atoms with Crippen LogP contribution in [0.2, 0.25) is 0 Å². The molecule has 3 nitrogen and oxygen atoms in total. The minimum Gasteiger partial charge on any atom is -0.453 e. The average molecular weight is 290 g/mol. The Balaban J connectivity index is 2.87. The SMILES string of the molecule is O=C1C=C(C(=O)OCC(F)(F)F)C(C(F)(F)F)CC1. The molecule has 0 aromatic carbocycles. The Kier molecular flexibility index (Phi) is 4.26. The average Bonchev–Trinajstić information content (AvgIpc) is 2.23. The van der Waals surface area contributed by atoms with Crippen molar-refractivity contribution in [2.75, 3.05) is 6.61 Å². The first-order chi connectivity index (χ1) is 8.50. The van der Waals surface area contributed by atoms with Gasteiger partial charge in [-0.3, -0.25) is 4.79 Å². The van der Waals surface area contributed by atoms with Gasteiger partial charge in [0.15, 0.2) is 12.4 Å². The number of halogens is 6. The molecular formula is C10H8F6O3. The Morgan fingerprint density at radius 2 is 1.84 bits per heavy atom. The van der Waals surface area contributed by atoms with Crippen LogP contribution in [0.25, 0.3) is 0 Å². The van der Waals surface area contributed by atoms with Crippen molar-refractivity contribution in [3.8, 4) is 0 Å². The van der Waals surface area contributed by atoms with E-state index in [1.165, 1.54) is 0 Å². The Morgan fingerprint density at radius 1 is 1.26 bits per heavy atom. The zero-order valence-corrected chi connectivity index (χ0v) is 9.27. The molecule has 1 atom stereocenters. The van der Waals surface area contributed by atoms with Crippen molar-refractivity contribution in [3.05, 3.63) is 11.6 Å². The second-order valence-electron chi connectivity index (χ2n) is 3.89. The molecule has 1 unspecified atom stereocenters. The molecule has 0 saturated heterocycles. The van der Waals surface area contributed by atoms with Crippen molar-refractivity contribution in [2.24, 2.45) is 5.92 Å². The van der Waals surface area contributed by atoms with Crippen molar-refractivity contribution in [2.45, 2.75) is 25.2 Å². The number of rotatable bonds is 2. The summed E-state index contributed by atoms with van der Waals surface area (Å²) in [5.74, 6) is -4.79. The number of ketones is 1. The smallest absolute Gasteiger partial charge is 0.422 e. The molecule has 0 N–H and O–H groups in total. The maximum absolute atomic E-state index is 12.6. The summed E-state index contributed by atoms with van der Waals surface area (Å²) in [4.78, 5) is 22.2. The molecule has 0 amide bonds. The molecule has 0 aromatic rings. The number of allylic oxidation sites excluding steroid dienone is 1. The summed E-state index contributed by atoms with van der Waals surface area (Å²) in [7, 11) is 0. The van der Waals surface area contributed by atoms with Gasteiger partial charge in [-0.25, -0.2) is 4.79 Å². The topological polar surface area (TPSA) is 43.4 Å². The van der Waals surface area contributed by atoms with Gasteiger partial charge in [0.05, 0.1) is 11.5 Å². The Morgan fingerprint density at radius 3 is 2.32 bits per heavy atom. The standard InChI is InChI=1S/C10H8F6O3/c11-9(12,13)4-19-8(18)6-3-5(17)1-2-7(6)10(14,15)16/h3,7H,1-2,4H2. The molecule has 0 spiro atoms. The largest absolute Gasteiger partial charge is 0.453 e. The van der Waals surface area contributed by atoms with Crippen molar-refractivity contribution in [1.82, 2.24) is 0 Å². The Labute approximate surface area is 103 Å². The van der Waals surface area contributed by atoms with Crippen molar-refractivity contribution < 1.29 is 40.7 Å². The van der Waals surface area contributed by atoms with E-state index in [-0.39, 0.29) is 0 Å². The number of hydrogen-bond acceptors (Lipinski definition) is 3. The van der Waals surface area contributed by atoms with Crippen LogP contribution in [0, 0.1) is 5.92 Å². The van der Waals surface area contributed by atoms with E-state index in [1.54, 1.807) is 0 Å². The molecule has 1 aliphatic carbocycles. The van der Waals surface area contributed by atoms with Gasteiger partial charge in [0, 0.05) is 6.42 Å². The predicted octanol–water partition coefficient (Wildman–Crippen LogP) is 2.56. The lowest BCUT2D eigenvalue weighted by atomic mass is 9.86. The maximum atomic E-state index is 12.6. The summed E-state index contributed by atoms with van der Waals surface area (Å²) in [6.07, 6.45) is -10.3. The molecule has 0 radical (unpaired) electrons. The summed E-state index contributed by atoms with van der Waals surface area (Å²) < 4.78 is 76.9. The van der Waals surface area contributed by atoms with Gasteiger partial charge in [-0.15, -0.1) is 0 Å². The van der Waals surface area contributed by atoms with Crippen LogP contribution < -0.4 is 0 Å². The van der Waals surface area contributed by atoms with E-state index >= 15 is 0 Å². The first-order valence-corrected chi connectivity index (χ1v) is 5.05. The normalized spacial score (nSPS) is 21.1. The van der Waals surface area contributed by atoms with Crippen LogP contribution in [0.15, 0.2) is 11.6 Å². The molecule has 9 heteroatoms. The lowest BCUT2D eigenvalue weighted by Crippen LogP contribution is -2.33. The summed E-state index contributed by atoms with van der Waals surface area (Å²) in [6.45, 7) is -2.00. The molecule has 0 aromatic heterocycles. The van der Waals surface area contributed by atoms with Crippen LogP contribution in [-0.2, 0) is 14.3 Å². The second-order valence-corrected chi connectivity index (χ2v) is 3.89. The van der Waals surface area contributed by atoms with E-state index in [1.807, 2.05) is 0 Å². The van der Waals surface area contributed by atoms with Gasteiger partial charge >= 0.3 is 18.3 Å².